The van der Waals surface area contributed by atoms with Crippen molar-refractivity contribution in [1.29, 1.82) is 0 Å². The average Bonchev–Trinajstić information content (AvgIpc) is 3.04. The van der Waals surface area contributed by atoms with E-state index < -0.39 is 0 Å². The van der Waals surface area contributed by atoms with Gasteiger partial charge in [-0.25, -0.2) is 9.97 Å². The topological polar surface area (TPSA) is 98.3 Å². The standard InChI is InChI=1S/C21H20N6O2/c1-26(13-28)20-12-17(9-10-23-20)29-16-7-8-19-18(11-16)25-21(27(19)2)24-15-5-3-14(22)4-6-15/h3-13H,22H2,1-2H3,(H,24,25). The molecule has 0 bridgehead atoms. The number of hydrogen-bond donors (Lipinski definition) is 2. The van der Waals surface area contributed by atoms with Crippen molar-refractivity contribution >= 4 is 40.6 Å². The number of aryl methyl sites for hydroxylation is 1. The first-order chi connectivity index (χ1) is 14.0. The number of amides is 1. The van der Waals surface area contributed by atoms with Crippen molar-refractivity contribution in [3.63, 3.8) is 0 Å². The summed E-state index contributed by atoms with van der Waals surface area (Å²) < 4.78 is 7.91. The number of carbonyl (C=O) groups is 1. The predicted molar refractivity (Wildman–Crippen MR) is 114 cm³/mol. The lowest BCUT2D eigenvalue weighted by Gasteiger charge is -2.11. The van der Waals surface area contributed by atoms with Crippen molar-refractivity contribution in [1.82, 2.24) is 14.5 Å². The van der Waals surface area contributed by atoms with Gasteiger partial charge in [-0.2, -0.15) is 0 Å². The maximum Gasteiger partial charge on any atom is 0.215 e. The zero-order valence-electron chi connectivity index (χ0n) is 16.0. The van der Waals surface area contributed by atoms with Crippen LogP contribution in [0, 0.1) is 0 Å². The van der Waals surface area contributed by atoms with Crippen LogP contribution >= 0.6 is 0 Å². The van der Waals surface area contributed by atoms with Crippen molar-refractivity contribution in [2.24, 2.45) is 7.05 Å². The second kappa shape index (κ2) is 7.51. The summed E-state index contributed by atoms with van der Waals surface area (Å²) in [5.74, 6) is 2.44. The van der Waals surface area contributed by atoms with E-state index in [9.17, 15) is 4.79 Å². The molecule has 2 aromatic carbocycles. The van der Waals surface area contributed by atoms with Gasteiger partial charge in [-0.3, -0.25) is 4.79 Å². The van der Waals surface area contributed by atoms with Gasteiger partial charge >= 0.3 is 0 Å². The van der Waals surface area contributed by atoms with Gasteiger partial charge in [0.25, 0.3) is 0 Å². The van der Waals surface area contributed by atoms with Gasteiger partial charge in [0.1, 0.15) is 17.3 Å². The van der Waals surface area contributed by atoms with E-state index >= 15 is 0 Å². The number of aromatic nitrogens is 3. The summed E-state index contributed by atoms with van der Waals surface area (Å²) in [6.45, 7) is 0. The smallest absolute Gasteiger partial charge is 0.215 e. The number of nitrogen functional groups attached to an aromatic ring is 1. The van der Waals surface area contributed by atoms with E-state index in [1.807, 2.05) is 54.1 Å². The van der Waals surface area contributed by atoms with Crippen LogP contribution in [0.3, 0.4) is 0 Å². The first kappa shape index (κ1) is 18.3. The van der Waals surface area contributed by atoms with E-state index in [4.69, 9.17) is 10.5 Å². The highest BCUT2D eigenvalue weighted by atomic mass is 16.5. The fraction of sp³-hybridized carbons (Fsp3) is 0.0952. The van der Waals surface area contributed by atoms with Crippen LogP contribution in [-0.4, -0.2) is 28.0 Å². The lowest BCUT2D eigenvalue weighted by molar-refractivity contribution is -0.107. The second-order valence-electron chi connectivity index (χ2n) is 6.56. The minimum Gasteiger partial charge on any atom is -0.457 e. The highest BCUT2D eigenvalue weighted by molar-refractivity contribution is 5.81. The van der Waals surface area contributed by atoms with Crippen LogP contribution in [0.1, 0.15) is 0 Å². The predicted octanol–water partition coefficient (Wildman–Crippen LogP) is 3.68. The number of anilines is 4. The molecule has 0 aliphatic rings. The molecule has 0 aliphatic heterocycles. The monoisotopic (exact) mass is 388 g/mol. The summed E-state index contributed by atoms with van der Waals surface area (Å²) in [6.07, 6.45) is 2.29. The molecule has 0 spiro atoms. The summed E-state index contributed by atoms with van der Waals surface area (Å²) in [6, 6.07) is 16.6. The van der Waals surface area contributed by atoms with Crippen molar-refractivity contribution in [2.45, 2.75) is 0 Å². The van der Waals surface area contributed by atoms with E-state index in [1.54, 1.807) is 25.4 Å². The van der Waals surface area contributed by atoms with E-state index in [-0.39, 0.29) is 0 Å². The fourth-order valence-corrected chi connectivity index (χ4v) is 2.90. The second-order valence-corrected chi connectivity index (χ2v) is 6.56. The van der Waals surface area contributed by atoms with Crippen molar-refractivity contribution in [3.8, 4) is 11.5 Å². The number of ether oxygens (including phenoxy) is 1. The lowest BCUT2D eigenvalue weighted by atomic mass is 10.3. The Labute approximate surface area is 167 Å². The Morgan fingerprint density at radius 3 is 2.62 bits per heavy atom. The Kier molecular flexibility index (Phi) is 4.74. The Balaban J connectivity index is 1.59. The summed E-state index contributed by atoms with van der Waals surface area (Å²) in [5, 5.41) is 3.29. The Morgan fingerprint density at radius 1 is 1.10 bits per heavy atom. The number of rotatable bonds is 6. The van der Waals surface area contributed by atoms with E-state index in [2.05, 4.69) is 15.3 Å². The number of pyridine rings is 1. The number of nitrogens with two attached hydrogens (primary N) is 1. The fourth-order valence-electron chi connectivity index (χ4n) is 2.90. The van der Waals surface area contributed by atoms with E-state index in [0.717, 1.165) is 16.7 Å². The number of nitrogens with zero attached hydrogens (tertiary/aromatic N) is 4. The molecule has 4 aromatic rings. The van der Waals surface area contributed by atoms with Crippen LogP contribution in [-0.2, 0) is 11.8 Å². The molecule has 3 N–H and O–H groups in total. The Hall–Kier alpha value is -4.07. The maximum atomic E-state index is 10.9. The molecule has 146 valence electrons. The number of benzene rings is 2. The minimum atomic E-state index is 0.506. The van der Waals surface area contributed by atoms with Gasteiger partial charge < -0.3 is 25.3 Å². The molecular formula is C21H20N6O2. The highest BCUT2D eigenvalue weighted by Crippen LogP contribution is 2.29. The number of carbonyl (C=O) groups excluding carboxylic acids is 1. The van der Waals surface area contributed by atoms with Crippen LogP contribution in [0.25, 0.3) is 11.0 Å². The van der Waals surface area contributed by atoms with Crippen LogP contribution in [0.4, 0.5) is 23.1 Å². The Morgan fingerprint density at radius 2 is 1.86 bits per heavy atom. The zero-order valence-corrected chi connectivity index (χ0v) is 16.0. The average molecular weight is 388 g/mol. The molecule has 29 heavy (non-hydrogen) atoms. The molecule has 0 fully saturated rings. The van der Waals surface area contributed by atoms with Gasteiger partial charge in [-0.15, -0.1) is 0 Å². The van der Waals surface area contributed by atoms with Crippen molar-refractivity contribution < 1.29 is 9.53 Å². The number of nitrogens with one attached hydrogen (secondary N) is 1. The molecule has 0 saturated heterocycles. The third-order valence-electron chi connectivity index (χ3n) is 4.49. The van der Waals surface area contributed by atoms with Gasteiger partial charge in [0.15, 0.2) is 0 Å². The van der Waals surface area contributed by atoms with Crippen LogP contribution in [0.5, 0.6) is 11.5 Å². The lowest BCUT2D eigenvalue weighted by Crippen LogP contribution is -2.14. The summed E-state index contributed by atoms with van der Waals surface area (Å²) in [5.41, 5.74) is 9.11. The summed E-state index contributed by atoms with van der Waals surface area (Å²) in [7, 11) is 3.58. The quantitative estimate of drug-likeness (QED) is 0.386. The third-order valence-corrected chi connectivity index (χ3v) is 4.49. The molecule has 0 saturated carbocycles. The molecule has 1 amide bonds. The van der Waals surface area contributed by atoms with Gasteiger partial charge in [-0.1, -0.05) is 0 Å². The molecule has 4 rings (SSSR count). The van der Waals surface area contributed by atoms with Gasteiger partial charge in [0.2, 0.25) is 12.4 Å². The SMILES string of the molecule is CN(C=O)c1cc(Oc2ccc3c(c2)nc(Nc2ccc(N)cc2)n3C)ccn1. The Bertz CT molecular complexity index is 1170. The van der Waals surface area contributed by atoms with E-state index in [0.29, 0.717) is 35.4 Å². The summed E-state index contributed by atoms with van der Waals surface area (Å²) in [4.78, 5) is 21.1. The molecule has 0 aliphatic carbocycles. The van der Waals surface area contributed by atoms with Crippen molar-refractivity contribution in [3.05, 3.63) is 60.8 Å². The van der Waals surface area contributed by atoms with Gasteiger partial charge in [0, 0.05) is 43.8 Å². The first-order valence-electron chi connectivity index (χ1n) is 8.94. The molecule has 8 heteroatoms. The normalized spacial score (nSPS) is 10.7. The molecular weight excluding hydrogens is 368 g/mol. The number of fused-ring (bicyclic) bond motifs is 1. The van der Waals surface area contributed by atoms with Crippen LogP contribution in [0.15, 0.2) is 60.8 Å². The zero-order chi connectivity index (χ0) is 20.4. The maximum absolute atomic E-state index is 10.9. The highest BCUT2D eigenvalue weighted by Gasteiger charge is 2.10. The van der Waals surface area contributed by atoms with Crippen LogP contribution in [0.2, 0.25) is 0 Å². The molecule has 2 aromatic heterocycles. The molecule has 2 heterocycles. The minimum absolute atomic E-state index is 0.506. The van der Waals surface area contributed by atoms with E-state index in [1.165, 1.54) is 4.90 Å². The number of hydrogen-bond acceptors (Lipinski definition) is 6. The third kappa shape index (κ3) is 3.81. The van der Waals surface area contributed by atoms with Gasteiger partial charge in [-0.05, 0) is 42.5 Å². The van der Waals surface area contributed by atoms with Crippen molar-refractivity contribution in [2.75, 3.05) is 23.0 Å². The molecule has 0 unspecified atom stereocenters. The summed E-state index contributed by atoms with van der Waals surface area (Å²) >= 11 is 0. The van der Waals surface area contributed by atoms with Gasteiger partial charge in [0.05, 0.1) is 11.0 Å². The molecule has 0 atom stereocenters. The van der Waals surface area contributed by atoms with Crippen LogP contribution < -0.4 is 20.7 Å². The largest absolute Gasteiger partial charge is 0.457 e. The molecule has 8 nitrogen and oxygen atoms in total. The number of imidazole rings is 1. The first-order valence-corrected chi connectivity index (χ1v) is 8.94. The molecule has 0 radical (unpaired) electrons.